The summed E-state index contributed by atoms with van der Waals surface area (Å²) in [7, 11) is 0. The van der Waals surface area contributed by atoms with Gasteiger partial charge in [0.05, 0.1) is 35.4 Å². The van der Waals surface area contributed by atoms with Crippen LogP contribution in [0.1, 0.15) is 27.5 Å². The number of hydrogen-bond acceptors (Lipinski definition) is 5. The molecule has 0 aliphatic carbocycles. The largest absolute Gasteiger partial charge is 0.378 e. The number of rotatable bonds is 6. The second-order valence-electron chi connectivity index (χ2n) is 7.29. The van der Waals surface area contributed by atoms with Gasteiger partial charge in [-0.3, -0.25) is 14.9 Å². The zero-order valence-corrected chi connectivity index (χ0v) is 16.9. The van der Waals surface area contributed by atoms with Gasteiger partial charge in [-0.25, -0.2) is 0 Å². The summed E-state index contributed by atoms with van der Waals surface area (Å²) in [4.78, 5) is 26.4. The summed E-state index contributed by atoms with van der Waals surface area (Å²) in [6, 6.07) is 23.4. The van der Waals surface area contributed by atoms with E-state index in [9.17, 15) is 14.9 Å². The van der Waals surface area contributed by atoms with Crippen LogP contribution in [0.5, 0.6) is 0 Å². The van der Waals surface area contributed by atoms with Gasteiger partial charge in [-0.15, -0.1) is 0 Å². The van der Waals surface area contributed by atoms with Crippen LogP contribution in [0.25, 0.3) is 0 Å². The van der Waals surface area contributed by atoms with Gasteiger partial charge in [-0.2, -0.15) is 0 Å². The molecule has 7 heteroatoms. The molecule has 1 aliphatic heterocycles. The number of ether oxygens (including phenoxy) is 1. The smallest absolute Gasteiger partial charge is 0.270 e. The molecule has 1 amide bonds. The summed E-state index contributed by atoms with van der Waals surface area (Å²) >= 11 is 0. The monoisotopic (exact) mass is 417 g/mol. The third kappa shape index (κ3) is 4.73. The minimum absolute atomic E-state index is 0.113. The Labute approximate surface area is 180 Å². The first-order valence-corrected chi connectivity index (χ1v) is 10.2. The standard InChI is InChI=1S/C24H23N3O4/c28-24(25-23(18-7-3-1-4-8-18)19-9-5-2-6-10-19)21-17-20(27(29)30)11-12-22(21)26-13-15-31-16-14-26/h1-12,17,23H,13-16H2,(H,25,28). The summed E-state index contributed by atoms with van der Waals surface area (Å²) in [6.45, 7) is 2.35. The van der Waals surface area contributed by atoms with E-state index in [0.717, 1.165) is 11.1 Å². The summed E-state index contributed by atoms with van der Waals surface area (Å²) in [5.74, 6) is -0.358. The lowest BCUT2D eigenvalue weighted by atomic mass is 9.98. The lowest BCUT2D eigenvalue weighted by molar-refractivity contribution is -0.384. The Kier molecular flexibility index (Phi) is 6.24. The summed E-state index contributed by atoms with van der Waals surface area (Å²) < 4.78 is 5.41. The van der Waals surface area contributed by atoms with E-state index in [-0.39, 0.29) is 23.2 Å². The molecular weight excluding hydrogens is 394 g/mol. The van der Waals surface area contributed by atoms with Crippen molar-refractivity contribution in [3.8, 4) is 0 Å². The lowest BCUT2D eigenvalue weighted by Crippen LogP contribution is -2.38. The number of amides is 1. The van der Waals surface area contributed by atoms with E-state index in [2.05, 4.69) is 5.32 Å². The Balaban J connectivity index is 1.71. The van der Waals surface area contributed by atoms with E-state index < -0.39 is 4.92 Å². The van der Waals surface area contributed by atoms with Crippen molar-refractivity contribution in [1.29, 1.82) is 0 Å². The maximum atomic E-state index is 13.4. The molecule has 3 aromatic rings. The molecule has 4 rings (SSSR count). The maximum Gasteiger partial charge on any atom is 0.270 e. The predicted octanol–water partition coefficient (Wildman–Crippen LogP) is 3.95. The van der Waals surface area contributed by atoms with E-state index in [4.69, 9.17) is 4.74 Å². The zero-order valence-electron chi connectivity index (χ0n) is 16.9. The number of carbonyl (C=O) groups excluding carboxylic acids is 1. The molecule has 0 spiro atoms. The second-order valence-corrected chi connectivity index (χ2v) is 7.29. The van der Waals surface area contributed by atoms with Crippen molar-refractivity contribution < 1.29 is 14.5 Å². The fourth-order valence-corrected chi connectivity index (χ4v) is 3.76. The average Bonchev–Trinajstić information content (AvgIpc) is 2.83. The summed E-state index contributed by atoms with van der Waals surface area (Å²) in [5, 5.41) is 14.5. The molecule has 0 atom stereocenters. The predicted molar refractivity (Wildman–Crippen MR) is 118 cm³/mol. The molecule has 3 aromatic carbocycles. The van der Waals surface area contributed by atoms with Crippen molar-refractivity contribution >= 4 is 17.3 Å². The summed E-state index contributed by atoms with van der Waals surface area (Å²) in [6.07, 6.45) is 0. The van der Waals surface area contributed by atoms with Gasteiger partial charge in [0.15, 0.2) is 0 Å². The van der Waals surface area contributed by atoms with Crippen LogP contribution in [0.15, 0.2) is 78.9 Å². The number of non-ortho nitro benzene ring substituents is 1. The van der Waals surface area contributed by atoms with Crippen LogP contribution in [0.4, 0.5) is 11.4 Å². The highest BCUT2D eigenvalue weighted by molar-refractivity contribution is 6.01. The van der Waals surface area contributed by atoms with Gasteiger partial charge in [-0.1, -0.05) is 60.7 Å². The fraction of sp³-hybridized carbons (Fsp3) is 0.208. The number of nitrogens with zero attached hydrogens (tertiary/aromatic N) is 2. The Bertz CT molecular complexity index is 1010. The first-order valence-electron chi connectivity index (χ1n) is 10.2. The zero-order chi connectivity index (χ0) is 21.6. The highest BCUT2D eigenvalue weighted by atomic mass is 16.6. The third-order valence-electron chi connectivity index (χ3n) is 5.33. The van der Waals surface area contributed by atoms with Crippen LogP contribution in [0, 0.1) is 10.1 Å². The molecule has 1 saturated heterocycles. The Morgan fingerprint density at radius 3 is 2.06 bits per heavy atom. The van der Waals surface area contributed by atoms with Crippen molar-refractivity contribution in [3.63, 3.8) is 0 Å². The molecule has 0 unspecified atom stereocenters. The second kappa shape index (κ2) is 9.40. The normalized spacial score (nSPS) is 13.8. The van der Waals surface area contributed by atoms with Crippen LogP contribution >= 0.6 is 0 Å². The number of benzene rings is 3. The topological polar surface area (TPSA) is 84.7 Å². The average molecular weight is 417 g/mol. The minimum atomic E-state index is -0.480. The van der Waals surface area contributed by atoms with Crippen LogP contribution in [-0.2, 0) is 4.74 Å². The molecule has 1 fully saturated rings. The number of carbonyl (C=O) groups is 1. The molecule has 1 heterocycles. The molecule has 1 aliphatic rings. The number of morpholine rings is 1. The van der Waals surface area contributed by atoms with Gasteiger partial charge in [0, 0.05) is 25.2 Å². The molecule has 0 aromatic heterocycles. The van der Waals surface area contributed by atoms with Crippen LogP contribution in [0.3, 0.4) is 0 Å². The van der Waals surface area contributed by atoms with Gasteiger partial charge in [0.2, 0.25) is 0 Å². The van der Waals surface area contributed by atoms with E-state index in [0.29, 0.717) is 32.0 Å². The first-order chi connectivity index (χ1) is 15.1. The number of hydrogen-bond donors (Lipinski definition) is 1. The molecule has 0 saturated carbocycles. The lowest BCUT2D eigenvalue weighted by Gasteiger charge is -2.30. The van der Waals surface area contributed by atoms with Crippen LogP contribution < -0.4 is 10.2 Å². The van der Waals surface area contributed by atoms with E-state index >= 15 is 0 Å². The van der Waals surface area contributed by atoms with Crippen LogP contribution in [-0.4, -0.2) is 37.1 Å². The molecule has 1 N–H and O–H groups in total. The molecule has 7 nitrogen and oxygen atoms in total. The Hall–Kier alpha value is -3.71. The SMILES string of the molecule is O=C(NC(c1ccccc1)c1ccccc1)c1cc([N+](=O)[O-])ccc1N1CCOCC1. The van der Waals surface area contributed by atoms with E-state index in [1.165, 1.54) is 12.1 Å². The van der Waals surface area contributed by atoms with Crippen molar-refractivity contribution in [2.24, 2.45) is 0 Å². The van der Waals surface area contributed by atoms with Crippen molar-refractivity contribution in [1.82, 2.24) is 5.32 Å². The fourth-order valence-electron chi connectivity index (χ4n) is 3.76. The minimum Gasteiger partial charge on any atom is -0.378 e. The van der Waals surface area contributed by atoms with Crippen LogP contribution in [0.2, 0.25) is 0 Å². The van der Waals surface area contributed by atoms with Crippen molar-refractivity contribution in [2.75, 3.05) is 31.2 Å². The maximum absolute atomic E-state index is 13.4. The Morgan fingerprint density at radius 1 is 0.935 bits per heavy atom. The molecule has 158 valence electrons. The van der Waals surface area contributed by atoms with Gasteiger partial charge in [0.25, 0.3) is 11.6 Å². The third-order valence-corrected chi connectivity index (χ3v) is 5.33. The van der Waals surface area contributed by atoms with Gasteiger partial charge >= 0.3 is 0 Å². The van der Waals surface area contributed by atoms with Gasteiger partial charge in [0.1, 0.15) is 0 Å². The van der Waals surface area contributed by atoms with Gasteiger partial charge in [-0.05, 0) is 17.2 Å². The van der Waals surface area contributed by atoms with Crippen molar-refractivity contribution in [3.05, 3.63) is 106 Å². The molecular formula is C24H23N3O4. The number of nitro benzene ring substituents is 1. The Morgan fingerprint density at radius 2 is 1.52 bits per heavy atom. The number of nitro groups is 1. The van der Waals surface area contributed by atoms with E-state index in [1.807, 2.05) is 65.6 Å². The van der Waals surface area contributed by atoms with Crippen molar-refractivity contribution in [2.45, 2.75) is 6.04 Å². The van der Waals surface area contributed by atoms with Gasteiger partial charge < -0.3 is 15.0 Å². The quantitative estimate of drug-likeness (QED) is 0.485. The molecule has 0 radical (unpaired) electrons. The number of nitrogens with one attached hydrogen (secondary N) is 1. The molecule has 0 bridgehead atoms. The van der Waals surface area contributed by atoms with E-state index in [1.54, 1.807) is 6.07 Å². The highest BCUT2D eigenvalue weighted by Gasteiger charge is 2.24. The highest BCUT2D eigenvalue weighted by Crippen LogP contribution is 2.28. The molecule has 31 heavy (non-hydrogen) atoms. The summed E-state index contributed by atoms with van der Waals surface area (Å²) in [5.41, 5.74) is 2.71. The number of anilines is 1. The first kappa shape index (κ1) is 20.6.